The molecule has 1 unspecified atom stereocenters. The normalized spacial score (nSPS) is 12.9. The van der Waals surface area contributed by atoms with Crippen molar-refractivity contribution in [2.45, 2.75) is 18.9 Å². The molecule has 4 N–H and O–H groups in total. The zero-order chi connectivity index (χ0) is 26.1. The van der Waals surface area contributed by atoms with Crippen LogP contribution in [0.2, 0.25) is 0 Å². The molecule has 0 radical (unpaired) electrons. The van der Waals surface area contributed by atoms with Crippen molar-refractivity contribution in [3.63, 3.8) is 0 Å². The Morgan fingerprint density at radius 1 is 1.00 bits per heavy atom. The molecular weight excluding hydrogens is 474 g/mol. The summed E-state index contributed by atoms with van der Waals surface area (Å²) in [5.74, 6) is -1.98. The van der Waals surface area contributed by atoms with Crippen LogP contribution in [-0.2, 0) is 9.53 Å². The molecule has 186 valence electrons. The zero-order valence-corrected chi connectivity index (χ0v) is 19.8. The highest BCUT2D eigenvalue weighted by molar-refractivity contribution is 5.99. The average Bonchev–Trinajstić information content (AvgIpc) is 3.21. The number of aromatic carboxylic acids is 1. The predicted molar refractivity (Wildman–Crippen MR) is 138 cm³/mol. The fourth-order valence-electron chi connectivity index (χ4n) is 4.59. The minimum Gasteiger partial charge on any atom is -0.477 e. The second kappa shape index (κ2) is 9.62. The molecule has 0 bridgehead atoms. The highest BCUT2D eigenvalue weighted by Gasteiger charge is 2.29. The Hall–Kier alpha value is -4.92. The van der Waals surface area contributed by atoms with Crippen LogP contribution in [0.5, 0.6) is 0 Å². The summed E-state index contributed by atoms with van der Waals surface area (Å²) in [4.78, 5) is 51.6. The van der Waals surface area contributed by atoms with Gasteiger partial charge in [0.1, 0.15) is 18.2 Å². The van der Waals surface area contributed by atoms with E-state index >= 15 is 0 Å². The maximum atomic E-state index is 12.7. The minimum absolute atomic E-state index is 0.103. The van der Waals surface area contributed by atoms with Crippen molar-refractivity contribution in [3.8, 4) is 11.1 Å². The molecule has 5 rings (SSSR count). The quantitative estimate of drug-likeness (QED) is 0.317. The van der Waals surface area contributed by atoms with E-state index in [1.807, 2.05) is 48.5 Å². The van der Waals surface area contributed by atoms with Crippen LogP contribution in [-0.4, -0.2) is 40.7 Å². The molecule has 1 atom stereocenters. The van der Waals surface area contributed by atoms with Gasteiger partial charge in [0, 0.05) is 28.7 Å². The maximum absolute atomic E-state index is 12.7. The van der Waals surface area contributed by atoms with Crippen LogP contribution >= 0.6 is 0 Å². The second-order valence-electron chi connectivity index (χ2n) is 8.78. The smallest absolute Gasteiger partial charge is 0.407 e. The van der Waals surface area contributed by atoms with Crippen molar-refractivity contribution in [1.82, 2.24) is 10.3 Å². The second-order valence-corrected chi connectivity index (χ2v) is 8.78. The molecule has 0 saturated heterocycles. The summed E-state index contributed by atoms with van der Waals surface area (Å²) >= 11 is 0. The van der Waals surface area contributed by atoms with E-state index in [-0.39, 0.29) is 23.6 Å². The predicted octanol–water partition coefficient (Wildman–Crippen LogP) is 4.09. The van der Waals surface area contributed by atoms with Crippen LogP contribution in [0.3, 0.4) is 0 Å². The van der Waals surface area contributed by atoms with Crippen molar-refractivity contribution >= 4 is 34.6 Å². The van der Waals surface area contributed by atoms with Gasteiger partial charge < -0.3 is 25.5 Å². The number of aromatic nitrogens is 1. The number of pyridine rings is 1. The molecule has 37 heavy (non-hydrogen) atoms. The van der Waals surface area contributed by atoms with Gasteiger partial charge in [-0.2, -0.15) is 0 Å². The van der Waals surface area contributed by atoms with Gasteiger partial charge in [0.25, 0.3) is 0 Å². The lowest BCUT2D eigenvalue weighted by Gasteiger charge is -2.17. The summed E-state index contributed by atoms with van der Waals surface area (Å²) in [5, 5.41) is 14.4. The Labute approximate surface area is 211 Å². The number of fused-ring (bicyclic) bond motifs is 4. The average molecular weight is 498 g/mol. The molecule has 3 aromatic carbocycles. The van der Waals surface area contributed by atoms with E-state index in [4.69, 9.17) is 9.84 Å². The van der Waals surface area contributed by atoms with Gasteiger partial charge in [0.2, 0.25) is 11.3 Å². The summed E-state index contributed by atoms with van der Waals surface area (Å²) in [7, 11) is 0. The van der Waals surface area contributed by atoms with E-state index in [9.17, 15) is 19.2 Å². The fourth-order valence-corrected chi connectivity index (χ4v) is 4.59. The standard InChI is InChI=1S/C28H23N3O6/c1-15(26(33)31-16-10-11-24-21(12-16)25(32)22(13-29-24)27(34)35)30-28(36)37-14-23-19-8-4-2-6-17(19)18-7-3-5-9-20(18)23/h2-13,15,23H,14H2,1H3,(H,29,32)(H,30,36)(H,31,33)(H,34,35). The van der Waals surface area contributed by atoms with E-state index in [0.29, 0.717) is 5.52 Å². The van der Waals surface area contributed by atoms with Gasteiger partial charge in [-0.3, -0.25) is 9.59 Å². The fraction of sp³-hybridized carbons (Fsp3) is 0.143. The van der Waals surface area contributed by atoms with Crippen molar-refractivity contribution in [1.29, 1.82) is 0 Å². The number of alkyl carbamates (subject to hydrolysis) is 1. The number of ether oxygens (including phenoxy) is 1. The van der Waals surface area contributed by atoms with Crippen molar-refractivity contribution in [2.75, 3.05) is 11.9 Å². The first-order valence-corrected chi connectivity index (χ1v) is 11.6. The van der Waals surface area contributed by atoms with Crippen LogP contribution in [0, 0.1) is 0 Å². The summed E-state index contributed by atoms with van der Waals surface area (Å²) in [6, 6.07) is 19.6. The third-order valence-corrected chi connectivity index (χ3v) is 6.45. The first kappa shape index (κ1) is 23.8. The Bertz CT molecular complexity index is 1560. The molecule has 1 aliphatic rings. The van der Waals surface area contributed by atoms with Crippen molar-refractivity contribution in [2.24, 2.45) is 0 Å². The Kier molecular flexibility index (Phi) is 6.19. The SMILES string of the molecule is CC(NC(=O)OCC1c2ccccc2-c2ccccc21)C(=O)Nc1ccc2[nH]cc(C(=O)O)c(=O)c2c1. The zero-order valence-electron chi connectivity index (χ0n) is 19.8. The number of H-pyrrole nitrogens is 1. The summed E-state index contributed by atoms with van der Waals surface area (Å²) in [6.45, 7) is 1.63. The van der Waals surface area contributed by atoms with Crippen LogP contribution in [0.15, 0.2) is 77.7 Å². The first-order valence-electron chi connectivity index (χ1n) is 11.6. The van der Waals surface area contributed by atoms with E-state index in [1.54, 1.807) is 12.1 Å². The molecule has 0 aliphatic heterocycles. The first-order chi connectivity index (χ1) is 17.8. The minimum atomic E-state index is -1.35. The topological polar surface area (TPSA) is 138 Å². The number of anilines is 1. The number of carbonyl (C=O) groups is 3. The van der Waals surface area contributed by atoms with Gasteiger partial charge in [0.15, 0.2) is 0 Å². The van der Waals surface area contributed by atoms with E-state index in [2.05, 4.69) is 15.6 Å². The summed E-state index contributed by atoms with van der Waals surface area (Å²) in [5.41, 5.74) is 4.04. The van der Waals surface area contributed by atoms with Crippen LogP contribution < -0.4 is 16.1 Å². The Morgan fingerprint density at radius 2 is 1.65 bits per heavy atom. The highest BCUT2D eigenvalue weighted by atomic mass is 16.5. The third kappa shape index (κ3) is 4.54. The lowest BCUT2D eigenvalue weighted by Crippen LogP contribution is -2.42. The molecule has 0 fully saturated rings. The molecule has 2 amide bonds. The van der Waals surface area contributed by atoms with Crippen molar-refractivity contribution < 1.29 is 24.2 Å². The van der Waals surface area contributed by atoms with Crippen molar-refractivity contribution in [3.05, 3.63) is 99.8 Å². The van der Waals surface area contributed by atoms with Crippen LogP contribution in [0.25, 0.3) is 22.0 Å². The van der Waals surface area contributed by atoms with Gasteiger partial charge in [-0.1, -0.05) is 48.5 Å². The van der Waals surface area contributed by atoms with Gasteiger partial charge in [-0.25, -0.2) is 9.59 Å². The molecule has 1 aromatic heterocycles. The molecule has 0 saturated carbocycles. The Balaban J connectivity index is 1.22. The lowest BCUT2D eigenvalue weighted by atomic mass is 9.98. The molecule has 1 aliphatic carbocycles. The molecule has 1 heterocycles. The summed E-state index contributed by atoms with van der Waals surface area (Å²) in [6.07, 6.45) is 0.400. The molecule has 0 spiro atoms. The van der Waals surface area contributed by atoms with Gasteiger partial charge in [-0.15, -0.1) is 0 Å². The number of carbonyl (C=O) groups excluding carboxylic acids is 2. The number of amides is 2. The summed E-state index contributed by atoms with van der Waals surface area (Å²) < 4.78 is 5.49. The van der Waals surface area contributed by atoms with E-state index < -0.39 is 35.0 Å². The number of benzene rings is 3. The number of carboxylic acids is 1. The van der Waals surface area contributed by atoms with Gasteiger partial charge in [0.05, 0.1) is 0 Å². The number of carboxylic acid groups (broad SMARTS) is 1. The number of nitrogens with one attached hydrogen (secondary N) is 3. The van der Waals surface area contributed by atoms with Crippen LogP contribution in [0.1, 0.15) is 34.3 Å². The van der Waals surface area contributed by atoms with Gasteiger partial charge in [-0.05, 0) is 47.4 Å². The number of hydrogen-bond donors (Lipinski definition) is 4. The number of aromatic amines is 1. The van der Waals surface area contributed by atoms with Crippen LogP contribution in [0.4, 0.5) is 10.5 Å². The van der Waals surface area contributed by atoms with E-state index in [0.717, 1.165) is 28.5 Å². The largest absolute Gasteiger partial charge is 0.477 e. The molecule has 9 nitrogen and oxygen atoms in total. The third-order valence-electron chi connectivity index (χ3n) is 6.45. The number of rotatable bonds is 6. The number of hydrogen-bond acceptors (Lipinski definition) is 5. The van der Waals surface area contributed by atoms with Gasteiger partial charge >= 0.3 is 12.1 Å². The molecule has 9 heteroatoms. The monoisotopic (exact) mass is 497 g/mol. The maximum Gasteiger partial charge on any atom is 0.407 e. The Morgan fingerprint density at radius 3 is 2.30 bits per heavy atom. The molecule has 4 aromatic rings. The lowest BCUT2D eigenvalue weighted by molar-refractivity contribution is -0.117. The van der Waals surface area contributed by atoms with E-state index in [1.165, 1.54) is 13.0 Å². The highest BCUT2D eigenvalue weighted by Crippen LogP contribution is 2.44. The molecular formula is C28H23N3O6.